The average Bonchev–Trinajstić information content (AvgIpc) is 3.01. The summed E-state index contributed by atoms with van der Waals surface area (Å²) in [6, 6.07) is 18.9. The van der Waals surface area contributed by atoms with Crippen LogP contribution in [0.1, 0.15) is 13.8 Å². The molecule has 0 aliphatic heterocycles. The van der Waals surface area contributed by atoms with E-state index in [4.69, 9.17) is 0 Å². The Labute approximate surface area is 148 Å². The van der Waals surface area contributed by atoms with E-state index in [2.05, 4.69) is 73.9 Å². The maximum atomic E-state index is 4.32. The quantitative estimate of drug-likeness (QED) is 0.396. The van der Waals surface area contributed by atoms with Crippen LogP contribution in [0.15, 0.2) is 59.8 Å². The van der Waals surface area contributed by atoms with Gasteiger partial charge in [-0.3, -0.25) is 0 Å². The van der Waals surface area contributed by atoms with Crippen LogP contribution in [-0.4, -0.2) is 22.3 Å². The van der Waals surface area contributed by atoms with E-state index in [0.29, 0.717) is 0 Å². The minimum absolute atomic E-state index is 0.149. The first-order valence-electron chi connectivity index (χ1n) is 7.28. The van der Waals surface area contributed by atoms with Gasteiger partial charge in [-0.2, -0.15) is 0 Å². The second-order valence-electron chi connectivity index (χ2n) is 4.63. The first kappa shape index (κ1) is 17.8. The van der Waals surface area contributed by atoms with Crippen molar-refractivity contribution in [3.05, 3.63) is 54.6 Å². The summed E-state index contributed by atoms with van der Waals surface area (Å²) in [5.74, 6) is 0. The Morgan fingerprint density at radius 1 is 1.00 bits per heavy atom. The molecule has 3 rings (SSSR count). The summed E-state index contributed by atoms with van der Waals surface area (Å²) in [6.07, 6.45) is 2.63. The van der Waals surface area contributed by atoms with E-state index in [9.17, 15) is 0 Å². The van der Waals surface area contributed by atoms with Crippen LogP contribution >= 0.6 is 17.1 Å². The third-order valence-electron chi connectivity index (χ3n) is 3.31. The van der Waals surface area contributed by atoms with Crippen molar-refractivity contribution in [2.75, 3.05) is 12.3 Å². The summed E-state index contributed by atoms with van der Waals surface area (Å²) < 4.78 is 0. The summed E-state index contributed by atoms with van der Waals surface area (Å²) in [5, 5.41) is 2.50. The molecule has 0 fully saturated rings. The number of benzene rings is 2. The number of fused-ring (bicyclic) bond motifs is 1. The number of imidazole rings is 1. The number of H-pyrrole nitrogens is 1. The molecule has 120 valence electrons. The van der Waals surface area contributed by atoms with Crippen molar-refractivity contribution < 1.29 is 19.7 Å². The van der Waals surface area contributed by atoms with Crippen LogP contribution < -0.4 is 5.30 Å². The van der Waals surface area contributed by atoms with E-state index in [1.165, 1.54) is 12.3 Å². The van der Waals surface area contributed by atoms with Crippen LogP contribution in [0.2, 0.25) is 0 Å². The standard InChI is InChI=1S/C10H15P.C7H6N2S.Au/c1-3-11(4-2)10-8-6-5-7-9-10;10-7-8-5-3-1-2-4-6(5)9-7;/h5-9H,3-4H2,1-2H3;1-4H,(H2,8,9,10);/q;;+1/p-1. The number of aromatic nitrogens is 2. The molecular weight excluding hydrogens is 492 g/mol. The molecule has 0 aliphatic rings. The molecular formula is C17H20AuN2PS. The zero-order valence-electron chi connectivity index (χ0n) is 12.7. The number of para-hydroxylation sites is 2. The Morgan fingerprint density at radius 3 is 2.23 bits per heavy atom. The molecule has 0 unspecified atom stereocenters. The number of nitrogens with zero attached hydrogens (tertiary/aromatic N) is 1. The van der Waals surface area contributed by atoms with Crippen LogP contribution in [0.25, 0.3) is 11.0 Å². The maximum absolute atomic E-state index is 4.32. The molecule has 22 heavy (non-hydrogen) atoms. The van der Waals surface area contributed by atoms with Gasteiger partial charge in [0.1, 0.15) is 0 Å². The van der Waals surface area contributed by atoms with Crippen LogP contribution in [0.3, 0.4) is 0 Å². The molecule has 1 N–H and O–H groups in total. The molecule has 1 aromatic heterocycles. The fourth-order valence-corrected chi connectivity index (χ4v) is 4.85. The predicted octanol–water partition coefficient (Wildman–Crippen LogP) is 4.95. The van der Waals surface area contributed by atoms with E-state index in [1.54, 1.807) is 14.5 Å². The summed E-state index contributed by atoms with van der Waals surface area (Å²) in [4.78, 5) is 7.51. The monoisotopic (exact) mass is 512 g/mol. The van der Waals surface area contributed by atoms with E-state index >= 15 is 0 Å². The topological polar surface area (TPSA) is 28.7 Å². The average molecular weight is 512 g/mol. The third kappa shape index (κ3) is 4.97. The minimum atomic E-state index is 0.149. The SMILES string of the molecule is CCP(CC)c1ccccc1.[Au][S]c1nc2ccccc2[nH]1. The Bertz CT molecular complexity index is 650. The van der Waals surface area contributed by atoms with Crippen molar-refractivity contribution in [2.45, 2.75) is 19.0 Å². The predicted molar refractivity (Wildman–Crippen MR) is 96.0 cm³/mol. The van der Waals surface area contributed by atoms with Gasteiger partial charge in [0.15, 0.2) is 0 Å². The van der Waals surface area contributed by atoms with Crippen molar-refractivity contribution >= 4 is 33.5 Å². The molecule has 1 heterocycles. The van der Waals surface area contributed by atoms with Gasteiger partial charge in [-0.15, -0.1) is 0 Å². The number of hydrogen-bond donors (Lipinski definition) is 1. The van der Waals surface area contributed by atoms with Crippen molar-refractivity contribution in [1.82, 2.24) is 9.97 Å². The Balaban J connectivity index is 0.000000160. The molecule has 0 amide bonds. The van der Waals surface area contributed by atoms with Crippen LogP contribution in [0, 0.1) is 0 Å². The Hall–Kier alpha value is -0.570. The van der Waals surface area contributed by atoms with Crippen LogP contribution in [-0.2, 0) is 19.7 Å². The number of nitrogens with one attached hydrogen (secondary N) is 1. The molecule has 2 nitrogen and oxygen atoms in total. The van der Waals surface area contributed by atoms with Gasteiger partial charge in [-0.25, -0.2) is 0 Å². The van der Waals surface area contributed by atoms with Crippen molar-refractivity contribution in [3.8, 4) is 0 Å². The van der Waals surface area contributed by atoms with Gasteiger partial charge in [0, 0.05) is 0 Å². The van der Waals surface area contributed by atoms with Gasteiger partial charge >= 0.3 is 79.4 Å². The zero-order chi connectivity index (χ0) is 15.8. The van der Waals surface area contributed by atoms with Gasteiger partial charge in [0.05, 0.1) is 0 Å². The van der Waals surface area contributed by atoms with Crippen molar-refractivity contribution in [3.63, 3.8) is 0 Å². The second kappa shape index (κ2) is 9.54. The Morgan fingerprint density at radius 2 is 1.64 bits per heavy atom. The van der Waals surface area contributed by atoms with E-state index in [-0.39, 0.29) is 7.92 Å². The number of aromatic amines is 1. The molecule has 0 bridgehead atoms. The second-order valence-corrected chi connectivity index (χ2v) is 9.33. The number of hydrogen-bond acceptors (Lipinski definition) is 2. The van der Waals surface area contributed by atoms with Crippen molar-refractivity contribution in [1.29, 1.82) is 0 Å². The van der Waals surface area contributed by atoms with Crippen LogP contribution in [0.5, 0.6) is 0 Å². The van der Waals surface area contributed by atoms with Crippen LogP contribution in [0.4, 0.5) is 0 Å². The molecule has 3 aromatic rings. The summed E-state index contributed by atoms with van der Waals surface area (Å²) >= 11 is 2.38. The summed E-state index contributed by atoms with van der Waals surface area (Å²) in [5.41, 5.74) is 2.13. The molecule has 0 atom stereocenters. The Kier molecular flexibility index (Phi) is 7.71. The normalized spacial score (nSPS) is 10.6. The molecule has 0 saturated heterocycles. The van der Waals surface area contributed by atoms with Gasteiger partial charge in [0.2, 0.25) is 0 Å². The molecule has 0 saturated carbocycles. The molecule has 2 aromatic carbocycles. The summed E-state index contributed by atoms with van der Waals surface area (Å²) in [7, 11) is 1.72. The van der Waals surface area contributed by atoms with E-state index in [1.807, 2.05) is 24.3 Å². The first-order chi connectivity index (χ1) is 10.8. The molecule has 5 heteroatoms. The molecule has 0 spiro atoms. The van der Waals surface area contributed by atoms with E-state index < -0.39 is 0 Å². The fraction of sp³-hybridized carbons (Fsp3) is 0.235. The number of rotatable bonds is 4. The van der Waals surface area contributed by atoms with Gasteiger partial charge < -0.3 is 0 Å². The zero-order valence-corrected chi connectivity index (χ0v) is 16.6. The van der Waals surface area contributed by atoms with Gasteiger partial charge in [0.25, 0.3) is 0 Å². The molecule has 0 radical (unpaired) electrons. The van der Waals surface area contributed by atoms with Gasteiger partial charge in [-0.05, 0) is 17.6 Å². The van der Waals surface area contributed by atoms with E-state index in [0.717, 1.165) is 16.2 Å². The van der Waals surface area contributed by atoms with Crippen molar-refractivity contribution in [2.24, 2.45) is 0 Å². The molecule has 0 aliphatic carbocycles. The van der Waals surface area contributed by atoms with Gasteiger partial charge in [-0.1, -0.05) is 52.1 Å². The first-order valence-corrected chi connectivity index (χ1v) is 12.3. The third-order valence-corrected chi connectivity index (χ3v) is 7.43. The summed E-state index contributed by atoms with van der Waals surface area (Å²) in [6.45, 7) is 4.56. The fourth-order valence-electron chi connectivity index (χ4n) is 2.19.